The second kappa shape index (κ2) is 6.31. The molecule has 0 aliphatic rings. The molecule has 0 spiro atoms. The van der Waals surface area contributed by atoms with Gasteiger partial charge in [0.15, 0.2) is 0 Å². The van der Waals surface area contributed by atoms with Gasteiger partial charge >= 0.3 is 0 Å². The van der Waals surface area contributed by atoms with Gasteiger partial charge < -0.3 is 10.5 Å². The van der Waals surface area contributed by atoms with Gasteiger partial charge in [-0.15, -0.1) is 0 Å². The van der Waals surface area contributed by atoms with Crippen LogP contribution in [0.25, 0.3) is 11.1 Å². The summed E-state index contributed by atoms with van der Waals surface area (Å²) in [6.07, 6.45) is 1.88. The molecule has 0 radical (unpaired) electrons. The molecule has 0 atom stereocenters. The van der Waals surface area contributed by atoms with Gasteiger partial charge in [-0.25, -0.2) is 0 Å². The largest absolute Gasteiger partial charge is 0.497 e. The summed E-state index contributed by atoms with van der Waals surface area (Å²) in [7, 11) is 1.71. The lowest BCUT2D eigenvalue weighted by Gasteiger charge is -2.18. The van der Waals surface area contributed by atoms with E-state index in [1.165, 1.54) is 22.3 Å². The standard InChI is InChI=1S/C19H25NO/c1-5-15-12-17(21-4)10-11-18(15)16-8-6-14(7-9-16)13-19(2,3)20/h6-12H,5,13,20H2,1-4H3. The lowest BCUT2D eigenvalue weighted by molar-refractivity contribution is 0.414. The molecule has 2 rings (SSSR count). The first-order valence-corrected chi connectivity index (χ1v) is 7.48. The fraction of sp³-hybridized carbons (Fsp3) is 0.368. The summed E-state index contributed by atoms with van der Waals surface area (Å²) >= 11 is 0. The molecule has 2 nitrogen and oxygen atoms in total. The van der Waals surface area contributed by atoms with Crippen LogP contribution in [0.5, 0.6) is 5.75 Å². The molecule has 2 aromatic rings. The highest BCUT2D eigenvalue weighted by Gasteiger charge is 2.12. The van der Waals surface area contributed by atoms with E-state index in [9.17, 15) is 0 Å². The maximum atomic E-state index is 6.08. The first-order valence-electron chi connectivity index (χ1n) is 7.48. The molecular weight excluding hydrogens is 258 g/mol. The summed E-state index contributed by atoms with van der Waals surface area (Å²) in [6.45, 7) is 6.28. The van der Waals surface area contributed by atoms with Crippen molar-refractivity contribution in [2.24, 2.45) is 5.73 Å². The minimum atomic E-state index is -0.170. The topological polar surface area (TPSA) is 35.2 Å². The average Bonchev–Trinajstić information content (AvgIpc) is 2.46. The zero-order valence-corrected chi connectivity index (χ0v) is 13.4. The Morgan fingerprint density at radius 2 is 1.71 bits per heavy atom. The highest BCUT2D eigenvalue weighted by Crippen LogP contribution is 2.28. The maximum Gasteiger partial charge on any atom is 0.119 e. The van der Waals surface area contributed by atoms with Crippen molar-refractivity contribution in [3.63, 3.8) is 0 Å². The Morgan fingerprint density at radius 1 is 1.05 bits per heavy atom. The number of hydrogen-bond acceptors (Lipinski definition) is 2. The minimum Gasteiger partial charge on any atom is -0.497 e. The van der Waals surface area contributed by atoms with Crippen molar-refractivity contribution in [1.82, 2.24) is 0 Å². The first-order chi connectivity index (χ1) is 9.93. The van der Waals surface area contributed by atoms with Crippen molar-refractivity contribution in [2.75, 3.05) is 7.11 Å². The fourth-order valence-corrected chi connectivity index (χ4v) is 2.60. The number of rotatable bonds is 5. The Balaban J connectivity index is 2.30. The normalized spacial score (nSPS) is 11.5. The van der Waals surface area contributed by atoms with Gasteiger partial charge in [-0.2, -0.15) is 0 Å². The molecule has 2 N–H and O–H groups in total. The molecule has 2 aromatic carbocycles. The summed E-state index contributed by atoms with van der Waals surface area (Å²) in [4.78, 5) is 0. The number of benzene rings is 2. The Kier molecular flexibility index (Phi) is 4.69. The predicted octanol–water partition coefficient (Wildman–Crippen LogP) is 4.20. The Labute approximate surface area is 127 Å². The van der Waals surface area contributed by atoms with E-state index in [-0.39, 0.29) is 5.54 Å². The number of hydrogen-bond donors (Lipinski definition) is 1. The van der Waals surface area contributed by atoms with Crippen LogP contribution in [0.2, 0.25) is 0 Å². The van der Waals surface area contributed by atoms with Gasteiger partial charge in [-0.1, -0.05) is 37.3 Å². The molecule has 0 bridgehead atoms. The van der Waals surface area contributed by atoms with Crippen LogP contribution in [-0.4, -0.2) is 12.6 Å². The molecule has 112 valence electrons. The summed E-state index contributed by atoms with van der Waals surface area (Å²) < 4.78 is 5.31. The van der Waals surface area contributed by atoms with E-state index >= 15 is 0 Å². The molecule has 0 aromatic heterocycles. The fourth-order valence-electron chi connectivity index (χ4n) is 2.60. The summed E-state index contributed by atoms with van der Waals surface area (Å²) in [5, 5.41) is 0. The molecule has 0 aliphatic heterocycles. The molecule has 0 saturated heterocycles. The van der Waals surface area contributed by atoms with Crippen LogP contribution in [0.3, 0.4) is 0 Å². The second-order valence-corrected chi connectivity index (χ2v) is 6.24. The number of aryl methyl sites for hydroxylation is 1. The van der Waals surface area contributed by atoms with Crippen LogP contribution in [-0.2, 0) is 12.8 Å². The van der Waals surface area contributed by atoms with E-state index in [4.69, 9.17) is 10.5 Å². The van der Waals surface area contributed by atoms with Crippen molar-refractivity contribution < 1.29 is 4.74 Å². The van der Waals surface area contributed by atoms with Gasteiger partial charge in [0.25, 0.3) is 0 Å². The smallest absolute Gasteiger partial charge is 0.119 e. The van der Waals surface area contributed by atoms with Gasteiger partial charge in [-0.05, 0) is 61.1 Å². The molecule has 0 amide bonds. The maximum absolute atomic E-state index is 6.08. The Hall–Kier alpha value is -1.80. The van der Waals surface area contributed by atoms with Crippen LogP contribution in [0.1, 0.15) is 31.9 Å². The third-order valence-electron chi connectivity index (χ3n) is 3.62. The van der Waals surface area contributed by atoms with Crippen molar-refractivity contribution >= 4 is 0 Å². The van der Waals surface area contributed by atoms with Crippen molar-refractivity contribution in [3.05, 3.63) is 53.6 Å². The summed E-state index contributed by atoms with van der Waals surface area (Å²) in [6, 6.07) is 15.0. The average molecular weight is 283 g/mol. The number of methoxy groups -OCH3 is 1. The summed E-state index contributed by atoms with van der Waals surface area (Å²) in [5.41, 5.74) is 11.0. The highest BCUT2D eigenvalue weighted by molar-refractivity contribution is 5.68. The Morgan fingerprint density at radius 3 is 2.24 bits per heavy atom. The molecular formula is C19H25NO. The molecule has 0 aliphatic carbocycles. The third-order valence-corrected chi connectivity index (χ3v) is 3.62. The molecule has 21 heavy (non-hydrogen) atoms. The van der Waals surface area contributed by atoms with E-state index < -0.39 is 0 Å². The lowest BCUT2D eigenvalue weighted by Crippen LogP contribution is -2.34. The number of nitrogens with two attached hydrogens (primary N) is 1. The van der Waals surface area contributed by atoms with Crippen LogP contribution in [0.15, 0.2) is 42.5 Å². The summed E-state index contributed by atoms with van der Waals surface area (Å²) in [5.74, 6) is 0.914. The zero-order valence-electron chi connectivity index (χ0n) is 13.4. The van der Waals surface area contributed by atoms with Crippen molar-refractivity contribution in [3.8, 4) is 16.9 Å². The minimum absolute atomic E-state index is 0.170. The lowest BCUT2D eigenvalue weighted by atomic mass is 9.93. The van der Waals surface area contributed by atoms with Gasteiger partial charge in [0.2, 0.25) is 0 Å². The Bertz CT molecular complexity index is 594. The quantitative estimate of drug-likeness (QED) is 0.892. The van der Waals surface area contributed by atoms with Gasteiger partial charge in [0, 0.05) is 5.54 Å². The molecule has 0 fully saturated rings. The molecule has 0 unspecified atom stereocenters. The van der Waals surface area contributed by atoms with Crippen LogP contribution in [0, 0.1) is 0 Å². The zero-order chi connectivity index (χ0) is 15.5. The number of ether oxygens (including phenoxy) is 1. The third kappa shape index (κ3) is 4.08. The van der Waals surface area contributed by atoms with Crippen molar-refractivity contribution in [2.45, 2.75) is 39.2 Å². The van der Waals surface area contributed by atoms with Gasteiger partial charge in [0.05, 0.1) is 7.11 Å². The van der Waals surface area contributed by atoms with Gasteiger partial charge in [0.1, 0.15) is 5.75 Å². The van der Waals surface area contributed by atoms with E-state index in [2.05, 4.69) is 57.2 Å². The van der Waals surface area contributed by atoms with E-state index in [0.717, 1.165) is 18.6 Å². The predicted molar refractivity (Wildman–Crippen MR) is 89.8 cm³/mol. The SMILES string of the molecule is CCc1cc(OC)ccc1-c1ccc(CC(C)(C)N)cc1. The van der Waals surface area contributed by atoms with Crippen LogP contribution in [0.4, 0.5) is 0 Å². The second-order valence-electron chi connectivity index (χ2n) is 6.24. The van der Waals surface area contributed by atoms with E-state index in [1.807, 2.05) is 6.07 Å². The van der Waals surface area contributed by atoms with E-state index in [1.54, 1.807) is 7.11 Å². The first kappa shape index (κ1) is 15.6. The van der Waals surface area contributed by atoms with E-state index in [0.29, 0.717) is 0 Å². The van der Waals surface area contributed by atoms with Crippen LogP contribution >= 0.6 is 0 Å². The van der Waals surface area contributed by atoms with Gasteiger partial charge in [-0.3, -0.25) is 0 Å². The molecule has 0 heterocycles. The molecule has 0 saturated carbocycles. The molecule has 2 heteroatoms. The van der Waals surface area contributed by atoms with Crippen molar-refractivity contribution in [1.29, 1.82) is 0 Å². The monoisotopic (exact) mass is 283 g/mol. The highest BCUT2D eigenvalue weighted by atomic mass is 16.5. The van der Waals surface area contributed by atoms with Crippen LogP contribution < -0.4 is 10.5 Å².